The van der Waals surface area contributed by atoms with E-state index in [1.165, 1.54) is 11.6 Å². The third kappa shape index (κ3) is 3.87. The number of halogens is 3. The van der Waals surface area contributed by atoms with E-state index in [0.29, 0.717) is 30.4 Å². The number of ether oxygens (including phenoxy) is 1. The Morgan fingerprint density at radius 3 is 2.81 bits per heavy atom. The fourth-order valence-electron chi connectivity index (χ4n) is 3.96. The van der Waals surface area contributed by atoms with Crippen LogP contribution in [0.15, 0.2) is 54.9 Å². The molecule has 0 radical (unpaired) electrons. The molecule has 0 aliphatic carbocycles. The molecule has 0 atom stereocenters. The second-order valence-corrected chi connectivity index (χ2v) is 7.66. The Morgan fingerprint density at radius 1 is 1.16 bits per heavy atom. The minimum Gasteiger partial charge on any atom is -0.399 e. The lowest BCUT2D eigenvalue weighted by atomic mass is 10.00. The van der Waals surface area contributed by atoms with Crippen LogP contribution in [0.4, 0.5) is 24.7 Å². The first kappa shape index (κ1) is 20.3. The molecule has 5 rings (SSSR count). The number of aromatic nitrogens is 3. The van der Waals surface area contributed by atoms with Gasteiger partial charge in [0.05, 0.1) is 24.3 Å². The Balaban J connectivity index is 1.55. The second-order valence-electron chi connectivity index (χ2n) is 7.66. The Labute approximate surface area is 181 Å². The van der Waals surface area contributed by atoms with Gasteiger partial charge in [-0.15, -0.1) is 0 Å². The van der Waals surface area contributed by atoms with Crippen LogP contribution in [0.25, 0.3) is 22.3 Å². The lowest BCUT2D eigenvalue weighted by Crippen LogP contribution is -2.09. The predicted molar refractivity (Wildman–Crippen MR) is 117 cm³/mol. The summed E-state index contributed by atoms with van der Waals surface area (Å²) in [5.74, 6) is 1.05. The van der Waals surface area contributed by atoms with E-state index in [1.54, 1.807) is 6.20 Å². The van der Waals surface area contributed by atoms with E-state index in [4.69, 9.17) is 10.5 Å². The topological polar surface area (TPSA) is 77.5 Å². The third-order valence-corrected chi connectivity index (χ3v) is 5.48. The van der Waals surface area contributed by atoms with E-state index in [9.17, 15) is 13.2 Å². The molecule has 0 spiro atoms. The average Bonchev–Trinajstić information content (AvgIpc) is 3.25. The number of nitrogens with two attached hydrogens (primary N) is 1. The molecule has 1 aliphatic rings. The van der Waals surface area contributed by atoms with Crippen molar-refractivity contribution >= 4 is 33.8 Å². The normalized spacial score (nSPS) is 14.7. The second kappa shape index (κ2) is 7.83. The highest BCUT2D eigenvalue weighted by Crippen LogP contribution is 2.32. The molecule has 32 heavy (non-hydrogen) atoms. The van der Waals surface area contributed by atoms with Crippen LogP contribution in [0.1, 0.15) is 23.1 Å². The monoisotopic (exact) mass is 439 g/mol. The molecule has 4 aromatic rings. The Kier molecular flexibility index (Phi) is 4.97. The smallest absolute Gasteiger partial charge is 0.399 e. The van der Waals surface area contributed by atoms with Crippen LogP contribution < -0.4 is 11.1 Å². The van der Waals surface area contributed by atoms with Crippen LogP contribution in [-0.4, -0.2) is 27.6 Å². The Morgan fingerprint density at radius 2 is 2.03 bits per heavy atom. The summed E-state index contributed by atoms with van der Waals surface area (Å²) >= 11 is 0. The fourth-order valence-corrected chi connectivity index (χ4v) is 3.96. The number of nitrogen functional groups attached to an aromatic ring is 1. The van der Waals surface area contributed by atoms with Crippen LogP contribution in [0, 0.1) is 0 Å². The molecule has 0 fully saturated rings. The van der Waals surface area contributed by atoms with Crippen molar-refractivity contribution < 1.29 is 17.9 Å². The predicted octanol–water partition coefficient (Wildman–Crippen LogP) is 4.90. The van der Waals surface area contributed by atoms with E-state index in [2.05, 4.69) is 27.4 Å². The van der Waals surface area contributed by atoms with Crippen LogP contribution in [-0.2, 0) is 17.5 Å². The number of imidazole rings is 1. The molecule has 0 unspecified atom stereocenters. The summed E-state index contributed by atoms with van der Waals surface area (Å²) in [6.07, 6.45) is 1.91. The van der Waals surface area contributed by atoms with Gasteiger partial charge >= 0.3 is 6.18 Å². The lowest BCUT2D eigenvalue weighted by molar-refractivity contribution is -0.137. The molecule has 9 heteroatoms. The third-order valence-electron chi connectivity index (χ3n) is 5.48. The molecule has 2 aromatic carbocycles. The molecule has 6 nitrogen and oxygen atoms in total. The number of alkyl halides is 3. The number of rotatable bonds is 4. The van der Waals surface area contributed by atoms with E-state index in [0.717, 1.165) is 35.0 Å². The van der Waals surface area contributed by atoms with Gasteiger partial charge < -0.3 is 15.8 Å². The lowest BCUT2D eigenvalue weighted by Gasteiger charge is -2.16. The van der Waals surface area contributed by atoms with Gasteiger partial charge in [0, 0.05) is 30.0 Å². The fraction of sp³-hybridized carbons (Fsp3) is 0.217. The zero-order valence-corrected chi connectivity index (χ0v) is 17.0. The van der Waals surface area contributed by atoms with Crippen molar-refractivity contribution in [3.63, 3.8) is 0 Å². The average molecular weight is 439 g/mol. The Hall–Kier alpha value is -3.59. The molecule has 0 saturated carbocycles. The number of hydrogen-bond acceptors (Lipinski definition) is 5. The first-order valence-electron chi connectivity index (χ1n) is 10.1. The zero-order valence-electron chi connectivity index (χ0n) is 17.0. The standard InChI is InChI=1S/C23H20F3N5O/c24-23(25,26)17-9-14(10-18(27)12-17)13-29-21-19-11-16(15-3-7-32-8-4-15)1-2-20(19)31-6-5-28-22(31)30-21/h1-3,5-6,9-12H,4,7-8,13,27H2,(H,28,29,30). The minimum absolute atomic E-state index is 0.0619. The quantitative estimate of drug-likeness (QED) is 0.443. The number of fused-ring (bicyclic) bond motifs is 3. The Bertz CT molecular complexity index is 1340. The van der Waals surface area contributed by atoms with Gasteiger partial charge in [-0.25, -0.2) is 4.98 Å². The van der Waals surface area contributed by atoms with Gasteiger partial charge in [0.15, 0.2) is 0 Å². The summed E-state index contributed by atoms with van der Waals surface area (Å²) < 4.78 is 46.8. The van der Waals surface area contributed by atoms with Crippen LogP contribution >= 0.6 is 0 Å². The maximum atomic E-state index is 13.2. The van der Waals surface area contributed by atoms with Crippen molar-refractivity contribution in [2.45, 2.75) is 19.1 Å². The molecule has 3 heterocycles. The van der Waals surface area contributed by atoms with Gasteiger partial charge in [0.2, 0.25) is 5.78 Å². The van der Waals surface area contributed by atoms with Crippen molar-refractivity contribution in [1.82, 2.24) is 14.4 Å². The number of anilines is 2. The van der Waals surface area contributed by atoms with Gasteiger partial charge in [0.25, 0.3) is 0 Å². The van der Waals surface area contributed by atoms with Crippen molar-refractivity contribution in [2.75, 3.05) is 24.3 Å². The van der Waals surface area contributed by atoms with Crippen molar-refractivity contribution in [1.29, 1.82) is 0 Å². The first-order chi connectivity index (χ1) is 15.4. The SMILES string of the molecule is Nc1cc(CNc2nc3nccn3c3ccc(C4=CCOCC4)cc23)cc(C(F)(F)F)c1. The van der Waals surface area contributed by atoms with Gasteiger partial charge in [-0.1, -0.05) is 12.1 Å². The summed E-state index contributed by atoms with van der Waals surface area (Å²) in [6.45, 7) is 1.38. The molecule has 164 valence electrons. The molecule has 1 aliphatic heterocycles. The summed E-state index contributed by atoms with van der Waals surface area (Å²) in [4.78, 5) is 8.87. The van der Waals surface area contributed by atoms with E-state index >= 15 is 0 Å². The van der Waals surface area contributed by atoms with E-state index in [1.807, 2.05) is 22.7 Å². The van der Waals surface area contributed by atoms with E-state index < -0.39 is 11.7 Å². The first-order valence-corrected chi connectivity index (χ1v) is 10.1. The highest BCUT2D eigenvalue weighted by Gasteiger charge is 2.31. The summed E-state index contributed by atoms with van der Waals surface area (Å²) in [5.41, 5.74) is 8.57. The molecule has 0 amide bonds. The number of benzene rings is 2. The molecule has 2 aromatic heterocycles. The van der Waals surface area contributed by atoms with Crippen molar-refractivity contribution in [3.8, 4) is 0 Å². The van der Waals surface area contributed by atoms with Gasteiger partial charge in [-0.3, -0.25) is 4.40 Å². The molecular formula is C23H20F3N5O. The number of nitrogens with one attached hydrogen (secondary N) is 1. The van der Waals surface area contributed by atoms with Crippen LogP contribution in [0.3, 0.4) is 0 Å². The van der Waals surface area contributed by atoms with E-state index in [-0.39, 0.29) is 12.2 Å². The minimum atomic E-state index is -4.46. The molecule has 0 saturated heterocycles. The molecule has 0 bridgehead atoms. The number of hydrogen-bond donors (Lipinski definition) is 2. The van der Waals surface area contributed by atoms with Gasteiger partial charge in [-0.05, 0) is 53.5 Å². The summed E-state index contributed by atoms with van der Waals surface area (Å²) in [7, 11) is 0. The summed E-state index contributed by atoms with van der Waals surface area (Å²) in [5, 5.41) is 4.04. The van der Waals surface area contributed by atoms with Crippen molar-refractivity contribution in [3.05, 3.63) is 71.6 Å². The van der Waals surface area contributed by atoms with Crippen LogP contribution in [0.5, 0.6) is 0 Å². The largest absolute Gasteiger partial charge is 0.416 e. The highest BCUT2D eigenvalue weighted by molar-refractivity contribution is 5.93. The maximum absolute atomic E-state index is 13.2. The molecular weight excluding hydrogens is 419 g/mol. The van der Waals surface area contributed by atoms with Gasteiger partial charge in [-0.2, -0.15) is 18.2 Å². The zero-order chi connectivity index (χ0) is 22.3. The van der Waals surface area contributed by atoms with Crippen molar-refractivity contribution in [2.24, 2.45) is 0 Å². The van der Waals surface area contributed by atoms with Gasteiger partial charge in [0.1, 0.15) is 5.82 Å². The maximum Gasteiger partial charge on any atom is 0.416 e. The van der Waals surface area contributed by atoms with Crippen LogP contribution in [0.2, 0.25) is 0 Å². The number of nitrogens with zero attached hydrogens (tertiary/aromatic N) is 3. The highest BCUT2D eigenvalue weighted by atomic mass is 19.4. The summed E-state index contributed by atoms with van der Waals surface area (Å²) in [6, 6.07) is 9.65. The molecule has 3 N–H and O–H groups in total.